The Morgan fingerprint density at radius 3 is 2.22 bits per heavy atom. The fourth-order valence-electron chi connectivity index (χ4n) is 2.50. The van der Waals surface area contributed by atoms with Crippen LogP contribution in [0.25, 0.3) is 0 Å². The molecule has 0 radical (unpaired) electrons. The number of carbonyl (C=O) groups is 2. The van der Waals surface area contributed by atoms with E-state index in [1.165, 1.54) is 38.1 Å². The summed E-state index contributed by atoms with van der Waals surface area (Å²) in [6.07, 6.45) is 0. The lowest BCUT2D eigenvalue weighted by molar-refractivity contribution is 0.0524. The fraction of sp³-hybridized carbons (Fsp3) is 0.333. The summed E-state index contributed by atoms with van der Waals surface area (Å²) in [5.74, 6) is -0.994. The Labute approximate surface area is 157 Å². The van der Waals surface area contributed by atoms with Gasteiger partial charge in [0.05, 0.1) is 23.7 Å². The SMILES string of the molecule is CCOC(=O)c1c(NS(=O)(=O)c2ccc(OCC)cc2)oc(C)c1C(C)=O. The number of benzene rings is 1. The molecule has 0 fully saturated rings. The number of ketones is 1. The molecule has 0 aliphatic rings. The van der Waals surface area contributed by atoms with E-state index < -0.39 is 21.8 Å². The summed E-state index contributed by atoms with van der Waals surface area (Å²) in [6.45, 7) is 6.65. The number of anilines is 1. The van der Waals surface area contributed by atoms with Gasteiger partial charge in [0.2, 0.25) is 5.88 Å². The van der Waals surface area contributed by atoms with Gasteiger partial charge < -0.3 is 13.9 Å². The zero-order valence-corrected chi connectivity index (χ0v) is 16.3. The molecule has 1 aromatic heterocycles. The third kappa shape index (κ3) is 4.48. The van der Waals surface area contributed by atoms with Crippen molar-refractivity contribution in [3.63, 3.8) is 0 Å². The van der Waals surface area contributed by atoms with Crippen LogP contribution < -0.4 is 9.46 Å². The van der Waals surface area contributed by atoms with E-state index in [-0.39, 0.29) is 34.3 Å². The third-order valence-corrected chi connectivity index (χ3v) is 4.93. The van der Waals surface area contributed by atoms with Crippen molar-refractivity contribution in [2.24, 2.45) is 0 Å². The molecule has 146 valence electrons. The van der Waals surface area contributed by atoms with Gasteiger partial charge in [-0.25, -0.2) is 17.9 Å². The third-order valence-electron chi connectivity index (χ3n) is 3.59. The van der Waals surface area contributed by atoms with E-state index in [2.05, 4.69) is 4.72 Å². The lowest BCUT2D eigenvalue weighted by Gasteiger charge is -2.09. The first-order chi connectivity index (χ1) is 12.7. The van der Waals surface area contributed by atoms with Gasteiger partial charge in [-0.3, -0.25) is 4.79 Å². The first kappa shape index (κ1) is 20.5. The van der Waals surface area contributed by atoms with Crippen molar-refractivity contribution in [2.45, 2.75) is 32.6 Å². The Morgan fingerprint density at radius 1 is 1.07 bits per heavy atom. The number of sulfonamides is 1. The van der Waals surface area contributed by atoms with Crippen molar-refractivity contribution in [3.05, 3.63) is 41.2 Å². The molecule has 8 nitrogen and oxygen atoms in total. The second kappa shape index (κ2) is 8.26. The van der Waals surface area contributed by atoms with Gasteiger partial charge in [0.1, 0.15) is 17.1 Å². The lowest BCUT2D eigenvalue weighted by Crippen LogP contribution is -2.16. The highest BCUT2D eigenvalue weighted by molar-refractivity contribution is 7.92. The van der Waals surface area contributed by atoms with Crippen molar-refractivity contribution in [1.82, 2.24) is 0 Å². The topological polar surface area (TPSA) is 112 Å². The number of nitrogens with one attached hydrogen (secondary N) is 1. The molecule has 2 aromatic rings. The Kier molecular flexibility index (Phi) is 6.27. The Morgan fingerprint density at radius 2 is 1.70 bits per heavy atom. The van der Waals surface area contributed by atoms with Crippen LogP contribution in [0.5, 0.6) is 5.75 Å². The average Bonchev–Trinajstić information content (AvgIpc) is 2.91. The highest BCUT2D eigenvalue weighted by Gasteiger charge is 2.30. The van der Waals surface area contributed by atoms with Crippen LogP contribution in [0.15, 0.2) is 33.6 Å². The molecule has 27 heavy (non-hydrogen) atoms. The summed E-state index contributed by atoms with van der Waals surface area (Å²) in [5, 5.41) is 0. The summed E-state index contributed by atoms with van der Waals surface area (Å²) in [6, 6.07) is 5.75. The zero-order chi connectivity index (χ0) is 20.2. The van der Waals surface area contributed by atoms with Crippen LogP contribution in [0.3, 0.4) is 0 Å². The number of esters is 1. The second-order valence-electron chi connectivity index (χ2n) is 5.52. The van der Waals surface area contributed by atoms with E-state index in [1.54, 1.807) is 6.92 Å². The molecule has 0 atom stereocenters. The number of aryl methyl sites for hydroxylation is 1. The first-order valence-electron chi connectivity index (χ1n) is 8.28. The van der Waals surface area contributed by atoms with Crippen molar-refractivity contribution in [3.8, 4) is 5.75 Å². The van der Waals surface area contributed by atoms with Gasteiger partial charge in [-0.2, -0.15) is 0 Å². The van der Waals surface area contributed by atoms with Crippen molar-refractivity contribution in [2.75, 3.05) is 17.9 Å². The standard InChI is InChI=1S/C18H21NO7S/c1-5-24-13-7-9-14(10-8-13)27(22,23)19-17-16(18(21)25-6-2)15(11(3)20)12(4)26-17/h7-10,19H,5-6H2,1-4H3. The molecular weight excluding hydrogens is 374 g/mol. The Bertz CT molecular complexity index is 943. The van der Waals surface area contributed by atoms with Crippen molar-refractivity contribution < 1.29 is 31.9 Å². The van der Waals surface area contributed by atoms with Crippen LogP contribution in [0, 0.1) is 6.92 Å². The van der Waals surface area contributed by atoms with Crippen LogP contribution in [0.1, 0.15) is 47.2 Å². The molecule has 9 heteroatoms. The Hall–Kier alpha value is -2.81. The molecule has 0 aliphatic heterocycles. The highest BCUT2D eigenvalue weighted by atomic mass is 32.2. The minimum atomic E-state index is -4.06. The van der Waals surface area contributed by atoms with Crippen molar-refractivity contribution >= 4 is 27.7 Å². The van der Waals surface area contributed by atoms with Crippen LogP contribution in [0.2, 0.25) is 0 Å². The number of hydrogen-bond donors (Lipinski definition) is 1. The van der Waals surface area contributed by atoms with E-state index in [0.29, 0.717) is 12.4 Å². The van der Waals surface area contributed by atoms with Gasteiger partial charge in [-0.1, -0.05) is 0 Å². The molecular formula is C18H21NO7S. The maximum Gasteiger partial charge on any atom is 0.344 e. The average molecular weight is 395 g/mol. The highest BCUT2D eigenvalue weighted by Crippen LogP contribution is 2.30. The molecule has 0 spiro atoms. The molecule has 0 saturated heterocycles. The largest absolute Gasteiger partial charge is 0.494 e. The number of Topliss-reactive ketones (excluding diaryl/α,β-unsaturated/α-hetero) is 1. The molecule has 1 heterocycles. The van der Waals surface area contributed by atoms with E-state index in [4.69, 9.17) is 13.9 Å². The Balaban J connectivity index is 2.44. The van der Waals surface area contributed by atoms with Crippen LogP contribution in [-0.4, -0.2) is 33.4 Å². The number of rotatable bonds is 8. The second-order valence-corrected chi connectivity index (χ2v) is 7.21. The summed E-state index contributed by atoms with van der Waals surface area (Å²) in [5.41, 5.74) is -0.255. The minimum Gasteiger partial charge on any atom is -0.494 e. The minimum absolute atomic E-state index is 0.0159. The normalized spacial score (nSPS) is 11.1. The molecule has 0 amide bonds. The van der Waals surface area contributed by atoms with Gasteiger partial charge >= 0.3 is 5.97 Å². The quantitative estimate of drug-likeness (QED) is 0.540. The predicted molar refractivity (Wildman–Crippen MR) is 97.8 cm³/mol. The fourth-order valence-corrected chi connectivity index (χ4v) is 3.50. The van der Waals surface area contributed by atoms with E-state index >= 15 is 0 Å². The van der Waals surface area contributed by atoms with E-state index in [0.717, 1.165) is 0 Å². The zero-order valence-electron chi connectivity index (χ0n) is 15.5. The molecule has 0 aliphatic carbocycles. The van der Waals surface area contributed by atoms with Crippen LogP contribution in [0.4, 0.5) is 5.88 Å². The summed E-state index contributed by atoms with van der Waals surface area (Å²) >= 11 is 0. The summed E-state index contributed by atoms with van der Waals surface area (Å²) < 4.78 is 43.1. The number of hydrogen-bond acceptors (Lipinski definition) is 7. The number of furan rings is 1. The number of ether oxygens (including phenoxy) is 2. The molecule has 1 N–H and O–H groups in total. The summed E-state index contributed by atoms with van der Waals surface area (Å²) in [7, 11) is -4.06. The van der Waals surface area contributed by atoms with E-state index in [9.17, 15) is 18.0 Å². The van der Waals surface area contributed by atoms with Gasteiger partial charge in [0.25, 0.3) is 10.0 Å². The molecule has 0 bridgehead atoms. The van der Waals surface area contributed by atoms with Gasteiger partial charge in [-0.15, -0.1) is 0 Å². The lowest BCUT2D eigenvalue weighted by atomic mass is 10.1. The predicted octanol–water partition coefficient (Wildman–Crippen LogP) is 3.17. The smallest absolute Gasteiger partial charge is 0.344 e. The molecule has 0 unspecified atom stereocenters. The maximum absolute atomic E-state index is 12.6. The van der Waals surface area contributed by atoms with Gasteiger partial charge in [0.15, 0.2) is 5.78 Å². The van der Waals surface area contributed by atoms with Crippen LogP contribution in [-0.2, 0) is 14.8 Å². The van der Waals surface area contributed by atoms with Gasteiger partial charge in [0, 0.05) is 0 Å². The van der Waals surface area contributed by atoms with Crippen LogP contribution >= 0.6 is 0 Å². The van der Waals surface area contributed by atoms with Gasteiger partial charge in [-0.05, 0) is 52.0 Å². The monoisotopic (exact) mass is 395 g/mol. The molecule has 0 saturated carbocycles. The summed E-state index contributed by atoms with van der Waals surface area (Å²) in [4.78, 5) is 24.1. The maximum atomic E-state index is 12.6. The number of carbonyl (C=O) groups excluding carboxylic acids is 2. The molecule has 1 aromatic carbocycles. The first-order valence-corrected chi connectivity index (χ1v) is 9.76. The van der Waals surface area contributed by atoms with E-state index in [1.807, 2.05) is 6.92 Å². The molecule has 2 rings (SSSR count). The van der Waals surface area contributed by atoms with Crippen molar-refractivity contribution in [1.29, 1.82) is 0 Å².